The van der Waals surface area contributed by atoms with Crippen molar-refractivity contribution in [2.24, 2.45) is 0 Å². The quantitative estimate of drug-likeness (QED) is 0.675. The number of carbonyl (C=O) groups excluding carboxylic acids is 1. The Bertz CT molecular complexity index is 452. The average molecular weight is 223 g/mol. The molecule has 2 rings (SSSR count). The van der Waals surface area contributed by atoms with Crippen molar-refractivity contribution in [2.45, 2.75) is 33.0 Å². The summed E-state index contributed by atoms with van der Waals surface area (Å²) in [6.07, 6.45) is 0. The third-order valence-electron chi connectivity index (χ3n) is 2.78. The van der Waals surface area contributed by atoms with Crippen LogP contribution in [0.3, 0.4) is 0 Å². The Balaban J connectivity index is 2.27. The number of nitrogens with zero attached hydrogens (tertiary/aromatic N) is 3. The predicted molar refractivity (Wildman–Crippen MR) is 57.2 cm³/mol. The van der Waals surface area contributed by atoms with E-state index < -0.39 is 11.7 Å². The van der Waals surface area contributed by atoms with E-state index in [0.717, 1.165) is 11.4 Å². The predicted octanol–water partition coefficient (Wildman–Crippen LogP) is 1.41. The van der Waals surface area contributed by atoms with Crippen LogP contribution in [0.15, 0.2) is 18.5 Å². The molecule has 1 aliphatic rings. The number of amides is 1. The molecule has 1 atom stereocenters. The molecule has 0 saturated carbocycles. The van der Waals surface area contributed by atoms with E-state index in [1.807, 2.05) is 24.6 Å². The summed E-state index contributed by atoms with van der Waals surface area (Å²) in [7, 11) is 0. The van der Waals surface area contributed by atoms with Crippen LogP contribution in [0.5, 0.6) is 0 Å². The van der Waals surface area contributed by atoms with Gasteiger partial charge in [-0.1, -0.05) is 6.58 Å². The molecule has 86 valence electrons. The molecule has 1 aromatic heterocycles. The van der Waals surface area contributed by atoms with Crippen molar-refractivity contribution >= 4 is 5.91 Å². The molecule has 0 aliphatic carbocycles. The molecule has 0 fully saturated rings. The van der Waals surface area contributed by atoms with Crippen molar-refractivity contribution in [2.75, 3.05) is 0 Å². The Morgan fingerprint density at radius 2 is 2.38 bits per heavy atom. The summed E-state index contributed by atoms with van der Waals surface area (Å²) in [5, 5.41) is 4.30. The Morgan fingerprint density at radius 3 is 3.00 bits per heavy atom. The van der Waals surface area contributed by atoms with Gasteiger partial charge in [0.05, 0.1) is 24.5 Å². The van der Waals surface area contributed by atoms with Gasteiger partial charge in [-0.15, -0.1) is 0 Å². The summed E-state index contributed by atoms with van der Waals surface area (Å²) in [5.41, 5.74) is 1.85. The van der Waals surface area contributed by atoms with Gasteiger partial charge in [0, 0.05) is 6.04 Å². The molecule has 16 heavy (non-hydrogen) atoms. The second-order valence-electron chi connectivity index (χ2n) is 4.15. The normalized spacial score (nSPS) is 19.4. The first kappa shape index (κ1) is 10.9. The Labute approximate surface area is 93.3 Å². The highest BCUT2D eigenvalue weighted by Crippen LogP contribution is 2.19. The molecule has 1 aromatic rings. The minimum absolute atomic E-state index is 0.0631. The Morgan fingerprint density at radius 1 is 1.69 bits per heavy atom. The zero-order chi connectivity index (χ0) is 11.9. The zero-order valence-electron chi connectivity index (χ0n) is 9.40. The number of fused-ring (bicyclic) bond motifs is 1. The van der Waals surface area contributed by atoms with Crippen LogP contribution in [-0.4, -0.2) is 26.6 Å². The molecule has 4 nitrogen and oxygen atoms in total. The van der Waals surface area contributed by atoms with E-state index in [4.69, 9.17) is 0 Å². The van der Waals surface area contributed by atoms with E-state index >= 15 is 0 Å². The van der Waals surface area contributed by atoms with E-state index in [0.29, 0.717) is 13.1 Å². The highest BCUT2D eigenvalue weighted by atomic mass is 19.1. The van der Waals surface area contributed by atoms with Gasteiger partial charge in [0.1, 0.15) is 0 Å². The third-order valence-corrected chi connectivity index (χ3v) is 2.78. The molecule has 0 spiro atoms. The number of rotatable bonds is 1. The van der Waals surface area contributed by atoms with Crippen molar-refractivity contribution in [1.82, 2.24) is 14.7 Å². The smallest absolute Gasteiger partial charge is 0.282 e. The minimum atomic E-state index is -0.906. The molecule has 0 saturated heterocycles. The zero-order valence-corrected chi connectivity index (χ0v) is 9.40. The molecular formula is C11H14FN3O. The second kappa shape index (κ2) is 3.73. The van der Waals surface area contributed by atoms with Gasteiger partial charge < -0.3 is 4.90 Å². The maximum Gasteiger partial charge on any atom is 0.282 e. The highest BCUT2D eigenvalue weighted by molar-refractivity contribution is 5.90. The van der Waals surface area contributed by atoms with Crippen molar-refractivity contribution < 1.29 is 9.18 Å². The van der Waals surface area contributed by atoms with Gasteiger partial charge in [-0.25, -0.2) is 4.39 Å². The van der Waals surface area contributed by atoms with Crippen LogP contribution in [-0.2, 0) is 17.9 Å². The molecule has 0 aromatic carbocycles. The van der Waals surface area contributed by atoms with Crippen molar-refractivity contribution in [3.05, 3.63) is 29.9 Å². The van der Waals surface area contributed by atoms with Crippen LogP contribution >= 0.6 is 0 Å². The standard InChI is InChI=1S/C11H14FN3O/c1-7-4-10-6-14(11(16)9(3)12)8(2)5-15(10)13-7/h4,8H,3,5-6H2,1-2H3. The maximum absolute atomic E-state index is 12.8. The number of aryl methyl sites for hydroxylation is 1. The van der Waals surface area contributed by atoms with Gasteiger partial charge in [0.2, 0.25) is 0 Å². The number of hydrogen-bond acceptors (Lipinski definition) is 2. The van der Waals surface area contributed by atoms with Crippen molar-refractivity contribution in [1.29, 1.82) is 0 Å². The van der Waals surface area contributed by atoms with Gasteiger partial charge in [0.25, 0.3) is 5.91 Å². The van der Waals surface area contributed by atoms with Gasteiger partial charge in [-0.2, -0.15) is 5.10 Å². The molecule has 1 aliphatic heterocycles. The second-order valence-corrected chi connectivity index (χ2v) is 4.15. The lowest BCUT2D eigenvalue weighted by molar-refractivity contribution is -0.132. The molecule has 1 amide bonds. The van der Waals surface area contributed by atoms with E-state index in [-0.39, 0.29) is 6.04 Å². The first-order valence-electron chi connectivity index (χ1n) is 5.17. The summed E-state index contributed by atoms with van der Waals surface area (Å²) in [6.45, 7) is 7.81. The topological polar surface area (TPSA) is 38.1 Å². The summed E-state index contributed by atoms with van der Waals surface area (Å²) < 4.78 is 14.7. The third kappa shape index (κ3) is 1.73. The molecule has 1 unspecified atom stereocenters. The van der Waals surface area contributed by atoms with Crippen LogP contribution in [0.2, 0.25) is 0 Å². The fourth-order valence-corrected chi connectivity index (χ4v) is 1.99. The monoisotopic (exact) mass is 223 g/mol. The summed E-state index contributed by atoms with van der Waals surface area (Å²) in [6, 6.07) is 1.85. The van der Waals surface area contributed by atoms with Crippen LogP contribution in [0.1, 0.15) is 18.3 Å². The average Bonchev–Trinajstić information content (AvgIpc) is 2.54. The minimum Gasteiger partial charge on any atom is -0.326 e. The van der Waals surface area contributed by atoms with E-state index in [2.05, 4.69) is 11.7 Å². The Kier molecular flexibility index (Phi) is 2.53. The molecule has 0 N–H and O–H groups in total. The lowest BCUT2D eigenvalue weighted by Gasteiger charge is -2.33. The van der Waals surface area contributed by atoms with Crippen molar-refractivity contribution in [3.63, 3.8) is 0 Å². The summed E-state index contributed by atoms with van der Waals surface area (Å²) in [5.74, 6) is -1.53. The van der Waals surface area contributed by atoms with E-state index in [9.17, 15) is 9.18 Å². The van der Waals surface area contributed by atoms with Crippen LogP contribution < -0.4 is 0 Å². The first-order chi connectivity index (χ1) is 7.49. The number of hydrogen-bond donors (Lipinski definition) is 0. The molecule has 5 heteroatoms. The number of carbonyl (C=O) groups is 1. The number of halogens is 1. The van der Waals surface area contributed by atoms with E-state index in [1.165, 1.54) is 4.90 Å². The maximum atomic E-state index is 12.8. The molecule has 0 radical (unpaired) electrons. The lowest BCUT2D eigenvalue weighted by atomic mass is 10.2. The fraction of sp³-hybridized carbons (Fsp3) is 0.455. The Hall–Kier alpha value is -1.65. The number of aromatic nitrogens is 2. The van der Waals surface area contributed by atoms with Crippen LogP contribution in [0, 0.1) is 6.92 Å². The van der Waals surface area contributed by atoms with Gasteiger partial charge in [-0.05, 0) is 19.9 Å². The largest absolute Gasteiger partial charge is 0.326 e. The molecule has 0 bridgehead atoms. The molecule has 2 heterocycles. The van der Waals surface area contributed by atoms with E-state index in [1.54, 1.807) is 0 Å². The summed E-state index contributed by atoms with van der Waals surface area (Å²) >= 11 is 0. The van der Waals surface area contributed by atoms with Gasteiger partial charge >= 0.3 is 0 Å². The highest BCUT2D eigenvalue weighted by Gasteiger charge is 2.28. The molecular weight excluding hydrogens is 209 g/mol. The lowest BCUT2D eigenvalue weighted by Crippen LogP contribution is -2.45. The van der Waals surface area contributed by atoms with Crippen LogP contribution in [0.25, 0.3) is 0 Å². The first-order valence-corrected chi connectivity index (χ1v) is 5.17. The van der Waals surface area contributed by atoms with Gasteiger partial charge in [0.15, 0.2) is 5.83 Å². The van der Waals surface area contributed by atoms with Gasteiger partial charge in [-0.3, -0.25) is 9.48 Å². The van der Waals surface area contributed by atoms with Crippen LogP contribution in [0.4, 0.5) is 4.39 Å². The fourth-order valence-electron chi connectivity index (χ4n) is 1.99. The SMILES string of the molecule is C=C(F)C(=O)N1Cc2cc(C)nn2CC1C. The summed E-state index contributed by atoms with van der Waals surface area (Å²) in [4.78, 5) is 13.0. The van der Waals surface area contributed by atoms with Crippen molar-refractivity contribution in [3.8, 4) is 0 Å².